The van der Waals surface area contributed by atoms with E-state index in [0.717, 1.165) is 32.6 Å². The van der Waals surface area contributed by atoms with Crippen LogP contribution in [-0.2, 0) is 11.3 Å². The Hall–Kier alpha value is -3.03. The van der Waals surface area contributed by atoms with Crippen molar-refractivity contribution in [2.24, 2.45) is 0 Å². The van der Waals surface area contributed by atoms with Crippen molar-refractivity contribution in [1.82, 2.24) is 9.97 Å². The zero-order valence-electron chi connectivity index (χ0n) is 15.0. The normalized spacial score (nSPS) is 10.6. The molecule has 4 aromatic rings. The lowest BCUT2D eigenvalue weighted by Crippen LogP contribution is -2.05. The van der Waals surface area contributed by atoms with Crippen molar-refractivity contribution in [2.75, 3.05) is 7.11 Å². The first-order chi connectivity index (χ1) is 13.7. The minimum absolute atomic E-state index is 0.123. The number of hydrogen-bond donors (Lipinski definition) is 0. The number of carbonyl (C=O) groups is 1. The molecule has 0 aliphatic carbocycles. The molecule has 0 saturated carbocycles. The molecule has 2 aromatic carbocycles. The molecular formula is C21H16N2O3S2. The van der Waals surface area contributed by atoms with Gasteiger partial charge in [0.15, 0.2) is 5.69 Å². The quantitative estimate of drug-likeness (QED) is 0.405. The average molecular weight is 409 g/mol. The molecule has 140 valence electrons. The number of benzene rings is 2. The maximum absolute atomic E-state index is 12.3. The van der Waals surface area contributed by atoms with Gasteiger partial charge in [0, 0.05) is 21.9 Å². The van der Waals surface area contributed by atoms with E-state index in [-0.39, 0.29) is 6.61 Å². The third kappa shape index (κ3) is 4.11. The Kier molecular flexibility index (Phi) is 5.45. The molecule has 5 nitrogen and oxygen atoms in total. The fraction of sp³-hybridized carbons (Fsp3) is 0.0952. The van der Waals surface area contributed by atoms with Crippen LogP contribution in [0.3, 0.4) is 0 Å². The van der Waals surface area contributed by atoms with E-state index in [9.17, 15) is 4.79 Å². The van der Waals surface area contributed by atoms with Gasteiger partial charge >= 0.3 is 5.97 Å². The Morgan fingerprint density at radius 1 is 0.893 bits per heavy atom. The molecule has 0 saturated heterocycles. The van der Waals surface area contributed by atoms with Crippen LogP contribution >= 0.6 is 22.7 Å². The second-order valence-corrected chi connectivity index (χ2v) is 7.57. The highest BCUT2D eigenvalue weighted by Crippen LogP contribution is 2.27. The zero-order chi connectivity index (χ0) is 19.3. The van der Waals surface area contributed by atoms with Crippen LogP contribution < -0.4 is 4.74 Å². The second kappa shape index (κ2) is 8.33. The third-order valence-electron chi connectivity index (χ3n) is 3.97. The smallest absolute Gasteiger partial charge is 0.358 e. The molecule has 0 spiro atoms. The van der Waals surface area contributed by atoms with E-state index < -0.39 is 5.97 Å². The van der Waals surface area contributed by atoms with Crippen molar-refractivity contribution in [3.63, 3.8) is 0 Å². The Morgan fingerprint density at radius 3 is 2.32 bits per heavy atom. The molecule has 2 heterocycles. The molecule has 0 amide bonds. The van der Waals surface area contributed by atoms with Crippen LogP contribution in [-0.4, -0.2) is 23.0 Å². The summed E-state index contributed by atoms with van der Waals surface area (Å²) in [7, 11) is 1.62. The Bertz CT molecular complexity index is 1070. The fourth-order valence-corrected chi connectivity index (χ4v) is 4.14. The largest absolute Gasteiger partial charge is 0.497 e. The second-order valence-electron chi connectivity index (χ2n) is 5.85. The maximum Gasteiger partial charge on any atom is 0.358 e. The van der Waals surface area contributed by atoms with Gasteiger partial charge in [0.05, 0.1) is 12.8 Å². The minimum Gasteiger partial charge on any atom is -0.497 e. The first kappa shape index (κ1) is 18.3. The number of methoxy groups -OCH3 is 1. The predicted octanol–water partition coefficient (Wildman–Crippen LogP) is 5.30. The molecule has 0 aliphatic rings. The molecule has 2 aromatic heterocycles. The van der Waals surface area contributed by atoms with E-state index in [4.69, 9.17) is 9.47 Å². The van der Waals surface area contributed by atoms with E-state index in [0.29, 0.717) is 5.69 Å². The standard InChI is InChI=1S/C21H16N2O3S2/c1-25-17-9-7-15(8-10-17)20-23-18(13-28-20)21(24)26-11-16-12-27-19(22-16)14-5-3-2-4-6-14/h2-10,12-13H,11H2,1H3. The van der Waals surface area contributed by atoms with Gasteiger partial charge < -0.3 is 9.47 Å². The molecule has 28 heavy (non-hydrogen) atoms. The summed E-state index contributed by atoms with van der Waals surface area (Å²) in [6, 6.07) is 17.5. The van der Waals surface area contributed by atoms with Crippen LogP contribution in [0.5, 0.6) is 5.75 Å². The van der Waals surface area contributed by atoms with Crippen LogP contribution in [0, 0.1) is 0 Å². The molecule has 0 N–H and O–H groups in total. The van der Waals surface area contributed by atoms with Crippen molar-refractivity contribution >= 4 is 28.6 Å². The lowest BCUT2D eigenvalue weighted by molar-refractivity contribution is 0.0462. The summed E-state index contributed by atoms with van der Waals surface area (Å²) in [5.41, 5.74) is 3.00. The Balaban J connectivity index is 1.39. The van der Waals surface area contributed by atoms with Crippen LogP contribution in [0.15, 0.2) is 65.4 Å². The zero-order valence-corrected chi connectivity index (χ0v) is 16.6. The van der Waals surface area contributed by atoms with E-state index in [1.165, 1.54) is 22.7 Å². The summed E-state index contributed by atoms with van der Waals surface area (Å²) in [6.07, 6.45) is 0. The lowest BCUT2D eigenvalue weighted by atomic mass is 10.2. The van der Waals surface area contributed by atoms with Gasteiger partial charge in [-0.3, -0.25) is 0 Å². The Morgan fingerprint density at radius 2 is 1.57 bits per heavy atom. The highest BCUT2D eigenvalue weighted by atomic mass is 32.1. The first-order valence-corrected chi connectivity index (χ1v) is 10.3. The van der Waals surface area contributed by atoms with Gasteiger partial charge in [0.25, 0.3) is 0 Å². The van der Waals surface area contributed by atoms with Gasteiger partial charge in [-0.15, -0.1) is 22.7 Å². The van der Waals surface area contributed by atoms with E-state index in [1.54, 1.807) is 12.5 Å². The van der Waals surface area contributed by atoms with Gasteiger partial charge in [0.1, 0.15) is 22.4 Å². The van der Waals surface area contributed by atoms with Crippen molar-refractivity contribution in [3.05, 3.63) is 76.7 Å². The van der Waals surface area contributed by atoms with Gasteiger partial charge in [0.2, 0.25) is 0 Å². The van der Waals surface area contributed by atoms with Crippen LogP contribution in [0.1, 0.15) is 16.2 Å². The highest BCUT2D eigenvalue weighted by Gasteiger charge is 2.14. The SMILES string of the molecule is COc1ccc(-c2nc(C(=O)OCc3csc(-c4ccccc4)n3)cs2)cc1. The molecule has 0 bridgehead atoms. The van der Waals surface area contributed by atoms with Gasteiger partial charge in [-0.25, -0.2) is 14.8 Å². The summed E-state index contributed by atoms with van der Waals surface area (Å²) >= 11 is 2.93. The summed E-state index contributed by atoms with van der Waals surface area (Å²) < 4.78 is 10.5. The number of rotatable bonds is 6. The van der Waals surface area contributed by atoms with Gasteiger partial charge in [-0.2, -0.15) is 0 Å². The molecule has 0 fully saturated rings. The summed E-state index contributed by atoms with van der Waals surface area (Å²) in [4.78, 5) is 21.2. The van der Waals surface area contributed by atoms with Crippen molar-refractivity contribution in [3.8, 4) is 26.9 Å². The Labute approximate surface area is 170 Å². The molecular weight excluding hydrogens is 392 g/mol. The maximum atomic E-state index is 12.3. The third-order valence-corrected chi connectivity index (χ3v) is 5.81. The van der Waals surface area contributed by atoms with Gasteiger partial charge in [-0.05, 0) is 24.3 Å². The first-order valence-electron chi connectivity index (χ1n) is 8.50. The molecule has 0 unspecified atom stereocenters. The van der Waals surface area contributed by atoms with E-state index in [2.05, 4.69) is 9.97 Å². The van der Waals surface area contributed by atoms with Crippen molar-refractivity contribution < 1.29 is 14.3 Å². The molecule has 0 radical (unpaired) electrons. The molecule has 0 aliphatic heterocycles. The summed E-state index contributed by atoms with van der Waals surface area (Å²) in [5, 5.41) is 5.27. The number of nitrogens with zero attached hydrogens (tertiary/aromatic N) is 2. The predicted molar refractivity (Wildman–Crippen MR) is 111 cm³/mol. The number of hydrogen-bond acceptors (Lipinski definition) is 7. The van der Waals surface area contributed by atoms with Crippen LogP contribution in [0.4, 0.5) is 0 Å². The number of esters is 1. The van der Waals surface area contributed by atoms with Crippen LogP contribution in [0.2, 0.25) is 0 Å². The van der Waals surface area contributed by atoms with Crippen molar-refractivity contribution in [1.29, 1.82) is 0 Å². The van der Waals surface area contributed by atoms with Gasteiger partial charge in [-0.1, -0.05) is 30.3 Å². The van der Waals surface area contributed by atoms with Crippen LogP contribution in [0.25, 0.3) is 21.1 Å². The summed E-state index contributed by atoms with van der Waals surface area (Å²) in [5.74, 6) is 0.323. The van der Waals surface area contributed by atoms with Crippen molar-refractivity contribution in [2.45, 2.75) is 6.61 Å². The van der Waals surface area contributed by atoms with E-state index >= 15 is 0 Å². The minimum atomic E-state index is -0.453. The topological polar surface area (TPSA) is 61.3 Å². The van der Waals surface area contributed by atoms with E-state index in [1.807, 2.05) is 60.0 Å². The average Bonchev–Trinajstić information content (AvgIpc) is 3.43. The number of ether oxygens (including phenoxy) is 2. The summed E-state index contributed by atoms with van der Waals surface area (Å²) in [6.45, 7) is 0.123. The monoisotopic (exact) mass is 408 g/mol. The molecule has 4 rings (SSSR count). The number of thiazole rings is 2. The lowest BCUT2D eigenvalue weighted by Gasteiger charge is -2.01. The fourth-order valence-electron chi connectivity index (χ4n) is 2.53. The molecule has 0 atom stereocenters. The number of aromatic nitrogens is 2. The number of carbonyl (C=O) groups excluding carboxylic acids is 1. The highest BCUT2D eigenvalue weighted by molar-refractivity contribution is 7.13. The molecule has 7 heteroatoms.